The van der Waals surface area contributed by atoms with Crippen LogP contribution in [0.2, 0.25) is 0 Å². The van der Waals surface area contributed by atoms with Gasteiger partial charge in [0.2, 0.25) is 5.91 Å². The van der Waals surface area contributed by atoms with Crippen LogP contribution < -0.4 is 10.6 Å². The van der Waals surface area contributed by atoms with E-state index in [1.54, 1.807) is 0 Å². The van der Waals surface area contributed by atoms with Gasteiger partial charge in [0.1, 0.15) is 0 Å². The second-order valence-electron chi connectivity index (χ2n) is 4.42. The molecule has 94 valence electrons. The fraction of sp³-hybridized carbons (Fsp3) is 0.917. The van der Waals surface area contributed by atoms with E-state index in [9.17, 15) is 4.79 Å². The van der Waals surface area contributed by atoms with Gasteiger partial charge in [-0.1, -0.05) is 13.3 Å². The van der Waals surface area contributed by atoms with Crippen LogP contribution in [0.1, 0.15) is 39.5 Å². The molecule has 2 N–H and O–H groups in total. The first-order valence-corrected chi connectivity index (χ1v) is 6.35. The third-order valence-electron chi connectivity index (χ3n) is 2.66. The minimum Gasteiger partial charge on any atom is -0.380 e. The summed E-state index contributed by atoms with van der Waals surface area (Å²) < 4.78 is 5.40. The molecule has 0 heterocycles. The quantitative estimate of drug-likeness (QED) is 0.580. The highest BCUT2D eigenvalue weighted by Crippen LogP contribution is 2.18. The van der Waals surface area contributed by atoms with E-state index in [-0.39, 0.29) is 11.9 Å². The van der Waals surface area contributed by atoms with Gasteiger partial charge in [-0.2, -0.15) is 0 Å². The van der Waals surface area contributed by atoms with Crippen LogP contribution in [0.4, 0.5) is 0 Å². The summed E-state index contributed by atoms with van der Waals surface area (Å²) >= 11 is 0. The predicted octanol–water partition coefficient (Wildman–Crippen LogP) is 1.06. The molecule has 1 rings (SSSR count). The lowest BCUT2D eigenvalue weighted by Crippen LogP contribution is -2.44. The van der Waals surface area contributed by atoms with Crippen molar-refractivity contribution < 1.29 is 9.53 Å². The number of nitrogens with one attached hydrogen (secondary N) is 2. The highest BCUT2D eigenvalue weighted by molar-refractivity contribution is 5.81. The summed E-state index contributed by atoms with van der Waals surface area (Å²) in [4.78, 5) is 11.5. The Morgan fingerprint density at radius 3 is 2.81 bits per heavy atom. The highest BCUT2D eigenvalue weighted by Gasteiger charge is 2.25. The summed E-state index contributed by atoms with van der Waals surface area (Å²) in [5, 5.41) is 6.13. The van der Waals surface area contributed by atoms with E-state index in [1.165, 1.54) is 0 Å². The number of hydrogen-bond acceptors (Lipinski definition) is 3. The van der Waals surface area contributed by atoms with Crippen molar-refractivity contribution in [1.29, 1.82) is 0 Å². The van der Waals surface area contributed by atoms with Gasteiger partial charge in [0.05, 0.1) is 12.6 Å². The third kappa shape index (κ3) is 6.08. The summed E-state index contributed by atoms with van der Waals surface area (Å²) in [6.07, 6.45) is 4.54. The van der Waals surface area contributed by atoms with Crippen molar-refractivity contribution in [2.75, 3.05) is 19.8 Å². The smallest absolute Gasteiger partial charge is 0.237 e. The molecule has 0 saturated heterocycles. The second kappa shape index (κ2) is 7.63. The molecule has 1 amide bonds. The summed E-state index contributed by atoms with van der Waals surface area (Å²) in [6.45, 7) is 6.28. The number of rotatable bonds is 9. The van der Waals surface area contributed by atoms with E-state index in [0.717, 1.165) is 38.8 Å². The van der Waals surface area contributed by atoms with Crippen LogP contribution in [0.25, 0.3) is 0 Å². The van der Waals surface area contributed by atoms with Gasteiger partial charge in [-0.15, -0.1) is 0 Å². The van der Waals surface area contributed by atoms with E-state index >= 15 is 0 Å². The summed E-state index contributed by atoms with van der Waals surface area (Å²) in [5.41, 5.74) is 0. The number of carbonyl (C=O) groups excluding carboxylic acids is 1. The molecule has 0 spiro atoms. The molecule has 0 aromatic rings. The fourth-order valence-corrected chi connectivity index (χ4v) is 1.34. The van der Waals surface area contributed by atoms with Crippen molar-refractivity contribution in [2.24, 2.45) is 0 Å². The zero-order valence-corrected chi connectivity index (χ0v) is 10.4. The van der Waals surface area contributed by atoms with E-state index in [4.69, 9.17) is 4.74 Å². The van der Waals surface area contributed by atoms with E-state index in [2.05, 4.69) is 17.6 Å². The molecule has 0 radical (unpaired) electrons. The molecule has 0 aromatic heterocycles. The Labute approximate surface area is 98.1 Å². The minimum absolute atomic E-state index is 0.107. The van der Waals surface area contributed by atoms with Gasteiger partial charge in [-0.3, -0.25) is 4.79 Å². The van der Waals surface area contributed by atoms with Crippen molar-refractivity contribution in [2.45, 2.75) is 51.6 Å². The Balaban J connectivity index is 1.92. The molecule has 1 atom stereocenters. The van der Waals surface area contributed by atoms with Crippen molar-refractivity contribution in [3.8, 4) is 0 Å². The normalized spacial score (nSPS) is 17.1. The number of unbranched alkanes of at least 4 members (excludes halogenated alkanes) is 1. The van der Waals surface area contributed by atoms with Gasteiger partial charge in [0.15, 0.2) is 0 Å². The Morgan fingerprint density at radius 2 is 2.19 bits per heavy atom. The zero-order valence-electron chi connectivity index (χ0n) is 10.4. The SMILES string of the molecule is CCCCOCCNC(C)C(=O)NC1CC1. The standard InChI is InChI=1S/C12H24N2O2/c1-3-4-8-16-9-7-13-10(2)12(15)14-11-5-6-11/h10-11,13H,3-9H2,1-2H3,(H,14,15). The molecule has 1 saturated carbocycles. The van der Waals surface area contributed by atoms with E-state index < -0.39 is 0 Å². The maximum Gasteiger partial charge on any atom is 0.237 e. The van der Waals surface area contributed by atoms with Crippen LogP contribution in [0.3, 0.4) is 0 Å². The van der Waals surface area contributed by atoms with Crippen LogP contribution in [0.5, 0.6) is 0 Å². The Morgan fingerprint density at radius 1 is 1.44 bits per heavy atom. The first-order chi connectivity index (χ1) is 7.74. The topological polar surface area (TPSA) is 50.4 Å². The molecule has 16 heavy (non-hydrogen) atoms. The summed E-state index contributed by atoms with van der Waals surface area (Å²) in [7, 11) is 0. The average molecular weight is 228 g/mol. The maximum atomic E-state index is 11.5. The molecule has 0 bridgehead atoms. The molecule has 0 aromatic carbocycles. The van der Waals surface area contributed by atoms with Crippen molar-refractivity contribution in [3.05, 3.63) is 0 Å². The van der Waals surface area contributed by atoms with E-state index in [1.807, 2.05) is 6.92 Å². The average Bonchev–Trinajstić information content (AvgIpc) is 3.06. The summed E-state index contributed by atoms with van der Waals surface area (Å²) in [6, 6.07) is 0.327. The van der Waals surface area contributed by atoms with Gasteiger partial charge >= 0.3 is 0 Å². The second-order valence-corrected chi connectivity index (χ2v) is 4.42. The number of ether oxygens (including phenoxy) is 1. The van der Waals surface area contributed by atoms with Crippen LogP contribution >= 0.6 is 0 Å². The van der Waals surface area contributed by atoms with E-state index in [0.29, 0.717) is 12.6 Å². The van der Waals surface area contributed by atoms with Crippen molar-refractivity contribution >= 4 is 5.91 Å². The summed E-state index contributed by atoms with van der Waals surface area (Å²) in [5.74, 6) is 0.107. The molecular weight excluding hydrogens is 204 g/mol. The lowest BCUT2D eigenvalue weighted by molar-refractivity contribution is -0.122. The molecule has 1 aliphatic carbocycles. The Kier molecular flexibility index (Phi) is 6.42. The maximum absolute atomic E-state index is 11.5. The molecule has 4 heteroatoms. The first-order valence-electron chi connectivity index (χ1n) is 6.35. The van der Waals surface area contributed by atoms with Gasteiger partial charge in [0.25, 0.3) is 0 Å². The van der Waals surface area contributed by atoms with Gasteiger partial charge < -0.3 is 15.4 Å². The minimum atomic E-state index is -0.115. The largest absolute Gasteiger partial charge is 0.380 e. The molecule has 1 fully saturated rings. The zero-order chi connectivity index (χ0) is 11.8. The van der Waals surface area contributed by atoms with Gasteiger partial charge in [-0.25, -0.2) is 0 Å². The van der Waals surface area contributed by atoms with Crippen LogP contribution in [-0.2, 0) is 9.53 Å². The molecule has 1 unspecified atom stereocenters. The fourth-order valence-electron chi connectivity index (χ4n) is 1.34. The lowest BCUT2D eigenvalue weighted by Gasteiger charge is -2.13. The van der Waals surface area contributed by atoms with Crippen LogP contribution in [-0.4, -0.2) is 37.7 Å². The monoisotopic (exact) mass is 228 g/mol. The number of hydrogen-bond donors (Lipinski definition) is 2. The first kappa shape index (κ1) is 13.5. The molecular formula is C12H24N2O2. The van der Waals surface area contributed by atoms with Crippen LogP contribution in [0, 0.1) is 0 Å². The molecule has 0 aliphatic heterocycles. The van der Waals surface area contributed by atoms with Crippen molar-refractivity contribution in [1.82, 2.24) is 10.6 Å². The number of amides is 1. The van der Waals surface area contributed by atoms with Crippen molar-refractivity contribution in [3.63, 3.8) is 0 Å². The van der Waals surface area contributed by atoms with Gasteiger partial charge in [0, 0.05) is 19.2 Å². The highest BCUT2D eigenvalue weighted by atomic mass is 16.5. The van der Waals surface area contributed by atoms with Gasteiger partial charge in [-0.05, 0) is 26.2 Å². The molecule has 1 aliphatic rings. The Hall–Kier alpha value is -0.610. The Bertz CT molecular complexity index is 205. The number of carbonyl (C=O) groups is 1. The lowest BCUT2D eigenvalue weighted by atomic mass is 10.3. The van der Waals surface area contributed by atoms with Crippen LogP contribution in [0.15, 0.2) is 0 Å². The third-order valence-corrected chi connectivity index (χ3v) is 2.66. The predicted molar refractivity (Wildman–Crippen MR) is 64.4 cm³/mol. The molecule has 4 nitrogen and oxygen atoms in total.